The van der Waals surface area contributed by atoms with Crippen LogP contribution in [0.3, 0.4) is 0 Å². The summed E-state index contributed by atoms with van der Waals surface area (Å²) in [5, 5.41) is 12.9. The van der Waals surface area contributed by atoms with Crippen LogP contribution in [0.2, 0.25) is 0 Å². The SMILES string of the molecule is NS(=O)(=O)c1ccc(NC(=O)CCN2CCC(C(=O)NCCc3cccs3)CC2)cc1. The number of rotatable bonds is 9. The Labute approximate surface area is 186 Å². The number of thiophene rings is 1. The Hall–Kier alpha value is -2.27. The third-order valence-electron chi connectivity index (χ3n) is 5.33. The van der Waals surface area contributed by atoms with Crippen molar-refractivity contribution in [2.75, 3.05) is 31.5 Å². The largest absolute Gasteiger partial charge is 0.355 e. The Balaban J connectivity index is 1.33. The van der Waals surface area contributed by atoms with Crippen LogP contribution in [-0.4, -0.2) is 51.3 Å². The molecular formula is C21H28N4O4S2. The van der Waals surface area contributed by atoms with Gasteiger partial charge in [0.2, 0.25) is 21.8 Å². The van der Waals surface area contributed by atoms with E-state index >= 15 is 0 Å². The number of carbonyl (C=O) groups is 2. The lowest BCUT2D eigenvalue weighted by molar-refractivity contribution is -0.126. The molecular weight excluding hydrogens is 436 g/mol. The maximum atomic E-state index is 12.4. The minimum Gasteiger partial charge on any atom is -0.355 e. The maximum absolute atomic E-state index is 12.4. The average Bonchev–Trinajstić information content (AvgIpc) is 3.26. The van der Waals surface area contributed by atoms with E-state index in [4.69, 9.17) is 5.14 Å². The van der Waals surface area contributed by atoms with E-state index in [9.17, 15) is 18.0 Å². The van der Waals surface area contributed by atoms with Gasteiger partial charge in [-0.15, -0.1) is 11.3 Å². The van der Waals surface area contributed by atoms with Crippen LogP contribution in [0.25, 0.3) is 0 Å². The van der Waals surface area contributed by atoms with Crippen LogP contribution >= 0.6 is 11.3 Å². The topological polar surface area (TPSA) is 122 Å². The first-order valence-corrected chi connectivity index (χ1v) is 12.7. The van der Waals surface area contributed by atoms with Crippen molar-refractivity contribution in [1.29, 1.82) is 0 Å². The number of piperidine rings is 1. The van der Waals surface area contributed by atoms with E-state index in [2.05, 4.69) is 21.6 Å². The normalized spacial score (nSPS) is 15.5. The number of nitrogens with two attached hydrogens (primary N) is 1. The van der Waals surface area contributed by atoms with Gasteiger partial charge in [-0.25, -0.2) is 13.6 Å². The number of amides is 2. The number of likely N-dealkylation sites (tertiary alicyclic amines) is 1. The lowest BCUT2D eigenvalue weighted by Gasteiger charge is -2.31. The number of benzene rings is 1. The van der Waals surface area contributed by atoms with Crippen molar-refractivity contribution in [3.05, 3.63) is 46.7 Å². The minimum atomic E-state index is -3.75. The standard InChI is InChI=1S/C21H28N4O4S2/c22-31(28,29)19-5-3-17(4-6-19)24-20(26)10-14-25-12-8-16(9-13-25)21(27)23-11-7-18-2-1-15-30-18/h1-6,15-16H,7-14H2,(H,23,27)(H,24,26)(H2,22,28,29). The van der Waals surface area contributed by atoms with Crippen molar-refractivity contribution < 1.29 is 18.0 Å². The molecule has 0 saturated carbocycles. The van der Waals surface area contributed by atoms with Gasteiger partial charge in [0.25, 0.3) is 0 Å². The number of nitrogens with zero attached hydrogens (tertiary/aromatic N) is 1. The fourth-order valence-electron chi connectivity index (χ4n) is 3.54. The lowest BCUT2D eigenvalue weighted by Crippen LogP contribution is -2.41. The molecule has 168 valence electrons. The highest BCUT2D eigenvalue weighted by atomic mass is 32.2. The zero-order chi connectivity index (χ0) is 22.3. The van der Waals surface area contributed by atoms with Gasteiger partial charge in [-0.2, -0.15) is 0 Å². The average molecular weight is 465 g/mol. The molecule has 1 aromatic heterocycles. The van der Waals surface area contributed by atoms with Crippen LogP contribution in [0.5, 0.6) is 0 Å². The highest BCUT2D eigenvalue weighted by Gasteiger charge is 2.24. The number of sulfonamides is 1. The van der Waals surface area contributed by atoms with Gasteiger partial charge in [-0.1, -0.05) is 6.07 Å². The van der Waals surface area contributed by atoms with Crippen LogP contribution in [-0.2, 0) is 26.0 Å². The van der Waals surface area contributed by atoms with Gasteiger partial charge in [-0.3, -0.25) is 9.59 Å². The predicted molar refractivity (Wildman–Crippen MR) is 121 cm³/mol. The Morgan fingerprint density at radius 2 is 1.84 bits per heavy atom. The molecule has 0 atom stereocenters. The van der Waals surface area contributed by atoms with E-state index in [0.29, 0.717) is 25.2 Å². The Bertz CT molecular complexity index is 967. The summed E-state index contributed by atoms with van der Waals surface area (Å²) in [6.07, 6.45) is 2.78. The number of nitrogens with one attached hydrogen (secondary N) is 2. The quantitative estimate of drug-likeness (QED) is 0.522. The third-order valence-corrected chi connectivity index (χ3v) is 7.20. The van der Waals surface area contributed by atoms with Crippen LogP contribution in [0.15, 0.2) is 46.7 Å². The number of hydrogen-bond acceptors (Lipinski definition) is 6. The van der Waals surface area contributed by atoms with Crippen molar-refractivity contribution >= 4 is 38.9 Å². The monoisotopic (exact) mass is 464 g/mol. The van der Waals surface area contributed by atoms with Gasteiger partial charge in [0.05, 0.1) is 4.90 Å². The minimum absolute atomic E-state index is 0.00364. The van der Waals surface area contributed by atoms with Crippen LogP contribution < -0.4 is 15.8 Å². The molecule has 10 heteroatoms. The molecule has 31 heavy (non-hydrogen) atoms. The van der Waals surface area contributed by atoms with E-state index in [0.717, 1.165) is 32.4 Å². The molecule has 3 rings (SSSR count). The smallest absolute Gasteiger partial charge is 0.238 e. The molecule has 1 aliphatic rings. The highest BCUT2D eigenvalue weighted by Crippen LogP contribution is 2.18. The van der Waals surface area contributed by atoms with Gasteiger partial charge in [0.1, 0.15) is 0 Å². The number of primary sulfonamides is 1. The summed E-state index contributed by atoms with van der Waals surface area (Å²) < 4.78 is 22.5. The van der Waals surface area contributed by atoms with E-state index in [1.54, 1.807) is 11.3 Å². The van der Waals surface area contributed by atoms with Crippen molar-refractivity contribution in [1.82, 2.24) is 10.2 Å². The van der Waals surface area contributed by atoms with Gasteiger partial charge >= 0.3 is 0 Å². The second-order valence-electron chi connectivity index (χ2n) is 7.60. The Kier molecular flexibility index (Phi) is 8.19. The first kappa shape index (κ1) is 23.4. The van der Waals surface area contributed by atoms with Crippen molar-refractivity contribution in [2.45, 2.75) is 30.6 Å². The van der Waals surface area contributed by atoms with Gasteiger partial charge in [-0.05, 0) is 68.1 Å². The van der Waals surface area contributed by atoms with Gasteiger partial charge in [0.15, 0.2) is 0 Å². The molecule has 2 heterocycles. The van der Waals surface area contributed by atoms with E-state index in [-0.39, 0.29) is 22.6 Å². The summed E-state index contributed by atoms with van der Waals surface area (Å²) in [6.45, 7) is 2.87. The molecule has 0 unspecified atom stereocenters. The van der Waals surface area contributed by atoms with Crippen molar-refractivity contribution in [3.63, 3.8) is 0 Å². The maximum Gasteiger partial charge on any atom is 0.238 e. The van der Waals surface area contributed by atoms with E-state index < -0.39 is 10.0 Å². The zero-order valence-corrected chi connectivity index (χ0v) is 18.9. The molecule has 8 nitrogen and oxygen atoms in total. The molecule has 0 bridgehead atoms. The van der Waals surface area contributed by atoms with Gasteiger partial charge < -0.3 is 15.5 Å². The summed E-state index contributed by atoms with van der Waals surface area (Å²) in [6, 6.07) is 9.84. The summed E-state index contributed by atoms with van der Waals surface area (Å²) in [5.41, 5.74) is 0.523. The molecule has 1 aliphatic heterocycles. The molecule has 0 radical (unpaired) electrons. The molecule has 1 fully saturated rings. The molecule has 0 aliphatic carbocycles. The molecule has 2 aromatic rings. The second-order valence-corrected chi connectivity index (χ2v) is 10.2. The fraction of sp³-hybridized carbons (Fsp3) is 0.429. The second kappa shape index (κ2) is 10.9. The first-order chi connectivity index (χ1) is 14.8. The summed E-state index contributed by atoms with van der Waals surface area (Å²) >= 11 is 1.70. The number of anilines is 1. The Morgan fingerprint density at radius 1 is 1.13 bits per heavy atom. The van der Waals surface area contributed by atoms with E-state index in [1.165, 1.54) is 29.1 Å². The molecule has 2 amide bonds. The summed E-state index contributed by atoms with van der Waals surface area (Å²) in [5.74, 6) is 0.0134. The predicted octanol–water partition coefficient (Wildman–Crippen LogP) is 1.80. The van der Waals surface area contributed by atoms with Gasteiger partial charge in [0, 0.05) is 36.0 Å². The fourth-order valence-corrected chi connectivity index (χ4v) is 4.76. The number of hydrogen-bond donors (Lipinski definition) is 3. The van der Waals surface area contributed by atoms with Crippen molar-refractivity contribution in [3.8, 4) is 0 Å². The first-order valence-electron chi connectivity index (χ1n) is 10.3. The zero-order valence-electron chi connectivity index (χ0n) is 17.2. The Morgan fingerprint density at radius 3 is 2.45 bits per heavy atom. The molecule has 1 aromatic carbocycles. The van der Waals surface area contributed by atoms with E-state index in [1.807, 2.05) is 11.4 Å². The van der Waals surface area contributed by atoms with Crippen molar-refractivity contribution in [2.24, 2.45) is 11.1 Å². The summed E-state index contributed by atoms with van der Waals surface area (Å²) in [7, 11) is -3.75. The van der Waals surface area contributed by atoms with Crippen LogP contribution in [0.1, 0.15) is 24.1 Å². The molecule has 1 saturated heterocycles. The highest BCUT2D eigenvalue weighted by molar-refractivity contribution is 7.89. The third kappa shape index (κ3) is 7.42. The molecule has 4 N–H and O–H groups in total. The van der Waals surface area contributed by atoms with Crippen LogP contribution in [0.4, 0.5) is 5.69 Å². The summed E-state index contributed by atoms with van der Waals surface area (Å²) in [4.78, 5) is 28.0. The van der Waals surface area contributed by atoms with Crippen LogP contribution in [0, 0.1) is 5.92 Å². The number of carbonyl (C=O) groups excluding carboxylic acids is 2. The molecule has 0 spiro atoms. The lowest BCUT2D eigenvalue weighted by atomic mass is 9.95.